The summed E-state index contributed by atoms with van der Waals surface area (Å²) in [7, 11) is 3.96. The maximum atomic E-state index is 5.02. The highest BCUT2D eigenvalue weighted by atomic mass is 16.5. The maximum Gasteiger partial charge on any atom is 0.0985 e. The van der Waals surface area contributed by atoms with E-state index in [9.17, 15) is 0 Å². The van der Waals surface area contributed by atoms with Crippen LogP contribution in [0.5, 0.6) is 0 Å². The van der Waals surface area contributed by atoms with E-state index in [-0.39, 0.29) is 0 Å². The second kappa shape index (κ2) is 10.8. The lowest BCUT2D eigenvalue weighted by Crippen LogP contribution is -2.15. The predicted octanol–water partition coefficient (Wildman–Crippen LogP) is 1.57. The van der Waals surface area contributed by atoms with Gasteiger partial charge in [-0.2, -0.15) is 0 Å². The summed E-state index contributed by atoms with van der Waals surface area (Å²) in [5, 5.41) is 0. The van der Waals surface area contributed by atoms with E-state index in [0.29, 0.717) is 0 Å². The molecule has 58 valence electrons. The van der Waals surface area contributed by atoms with Crippen molar-refractivity contribution < 1.29 is 4.74 Å². The molecule has 0 fully saturated rings. The van der Waals surface area contributed by atoms with Crippen molar-refractivity contribution >= 4 is 0 Å². The monoisotopic (exact) mass is 133 g/mol. The fourth-order valence-corrected chi connectivity index (χ4v) is 0.274. The second-order valence-electron chi connectivity index (χ2n) is 1.70. The highest BCUT2D eigenvalue weighted by Crippen LogP contribution is 1.74. The quantitative estimate of drug-likeness (QED) is 0.542. The van der Waals surface area contributed by atoms with Crippen molar-refractivity contribution in [2.24, 2.45) is 0 Å². The average Bonchev–Trinajstić information content (AvgIpc) is 1.88. The zero-order chi connectivity index (χ0) is 7.70. The van der Waals surface area contributed by atoms with Gasteiger partial charge in [-0.3, -0.25) is 4.90 Å². The number of hydrogen-bond acceptors (Lipinski definition) is 2. The van der Waals surface area contributed by atoms with Gasteiger partial charge in [0, 0.05) is 6.61 Å². The van der Waals surface area contributed by atoms with E-state index in [1.165, 1.54) is 0 Å². The lowest BCUT2D eigenvalue weighted by atomic mass is 10.8. The fourth-order valence-electron chi connectivity index (χ4n) is 0.274. The van der Waals surface area contributed by atoms with E-state index in [4.69, 9.17) is 4.74 Å². The molecule has 0 heterocycles. The minimum Gasteiger partial charge on any atom is -0.366 e. The van der Waals surface area contributed by atoms with Crippen LogP contribution in [0.1, 0.15) is 20.8 Å². The average molecular weight is 133 g/mol. The molecule has 0 atom stereocenters. The van der Waals surface area contributed by atoms with Gasteiger partial charge in [0.25, 0.3) is 0 Å². The summed E-state index contributed by atoms with van der Waals surface area (Å²) in [5.41, 5.74) is 0. The van der Waals surface area contributed by atoms with Crippen molar-refractivity contribution in [3.63, 3.8) is 0 Å². The standard InChI is InChI=1S/C5H13NO.C2H6/c1-4-7-5-6(2)3;1-2/h4-5H2,1-3H3;1-2H3. The van der Waals surface area contributed by atoms with Gasteiger partial charge in [0.15, 0.2) is 0 Å². The first-order valence-electron chi connectivity index (χ1n) is 3.50. The highest BCUT2D eigenvalue weighted by molar-refractivity contribution is 4.23. The molecular formula is C7H19NO. The van der Waals surface area contributed by atoms with E-state index in [0.717, 1.165) is 13.3 Å². The molecule has 2 heteroatoms. The lowest BCUT2D eigenvalue weighted by Gasteiger charge is -2.07. The van der Waals surface area contributed by atoms with Crippen molar-refractivity contribution in [1.82, 2.24) is 4.90 Å². The first-order chi connectivity index (χ1) is 4.27. The largest absolute Gasteiger partial charge is 0.366 e. The summed E-state index contributed by atoms with van der Waals surface area (Å²) in [6.07, 6.45) is 0. The first-order valence-corrected chi connectivity index (χ1v) is 3.50. The zero-order valence-corrected chi connectivity index (χ0v) is 7.27. The smallest absolute Gasteiger partial charge is 0.0985 e. The van der Waals surface area contributed by atoms with E-state index < -0.39 is 0 Å². The predicted molar refractivity (Wildman–Crippen MR) is 41.5 cm³/mol. The maximum absolute atomic E-state index is 5.02. The van der Waals surface area contributed by atoms with Crippen LogP contribution in [0.2, 0.25) is 0 Å². The van der Waals surface area contributed by atoms with Crippen LogP contribution in [0, 0.1) is 0 Å². The van der Waals surface area contributed by atoms with E-state index in [1.807, 2.05) is 39.8 Å². The normalized spacial score (nSPS) is 8.67. The molecule has 0 N–H and O–H groups in total. The fraction of sp³-hybridized carbons (Fsp3) is 1.00. The molecule has 0 aliphatic heterocycles. The SMILES string of the molecule is CC.CCOCN(C)C. The Morgan fingerprint density at radius 3 is 1.78 bits per heavy atom. The van der Waals surface area contributed by atoms with Crippen molar-refractivity contribution in [2.45, 2.75) is 20.8 Å². The van der Waals surface area contributed by atoms with Gasteiger partial charge in [-0.15, -0.1) is 0 Å². The van der Waals surface area contributed by atoms with Crippen LogP contribution in [-0.4, -0.2) is 32.3 Å². The molecule has 0 saturated carbocycles. The van der Waals surface area contributed by atoms with Gasteiger partial charge in [-0.1, -0.05) is 13.8 Å². The van der Waals surface area contributed by atoms with Gasteiger partial charge in [-0.05, 0) is 21.0 Å². The third-order valence-corrected chi connectivity index (χ3v) is 0.554. The Bertz CT molecular complexity index is 37.9. The zero-order valence-electron chi connectivity index (χ0n) is 7.27. The molecule has 0 aromatic carbocycles. The van der Waals surface area contributed by atoms with Crippen LogP contribution in [-0.2, 0) is 4.74 Å². The molecule has 0 spiro atoms. The van der Waals surface area contributed by atoms with E-state index in [1.54, 1.807) is 0 Å². The van der Waals surface area contributed by atoms with E-state index in [2.05, 4.69) is 0 Å². The summed E-state index contributed by atoms with van der Waals surface area (Å²) in [6.45, 7) is 7.53. The van der Waals surface area contributed by atoms with Gasteiger partial charge in [0.1, 0.15) is 0 Å². The van der Waals surface area contributed by atoms with Gasteiger partial charge in [0.05, 0.1) is 6.73 Å². The molecule has 2 nitrogen and oxygen atoms in total. The van der Waals surface area contributed by atoms with Gasteiger partial charge < -0.3 is 4.74 Å². The van der Waals surface area contributed by atoms with Crippen LogP contribution < -0.4 is 0 Å². The second-order valence-corrected chi connectivity index (χ2v) is 1.70. The van der Waals surface area contributed by atoms with Gasteiger partial charge in [0.2, 0.25) is 0 Å². The molecular weight excluding hydrogens is 114 g/mol. The Morgan fingerprint density at radius 1 is 1.22 bits per heavy atom. The first kappa shape index (κ1) is 11.7. The van der Waals surface area contributed by atoms with Crippen LogP contribution in [0.3, 0.4) is 0 Å². The van der Waals surface area contributed by atoms with Crippen molar-refractivity contribution in [3.05, 3.63) is 0 Å². The third kappa shape index (κ3) is 18.1. The molecule has 0 aromatic rings. The molecule has 0 rings (SSSR count). The third-order valence-electron chi connectivity index (χ3n) is 0.554. The molecule has 0 radical (unpaired) electrons. The van der Waals surface area contributed by atoms with Crippen LogP contribution >= 0.6 is 0 Å². The Morgan fingerprint density at radius 2 is 1.67 bits per heavy atom. The summed E-state index contributed by atoms with van der Waals surface area (Å²) in [4.78, 5) is 1.99. The Labute approximate surface area is 58.8 Å². The number of nitrogens with zero attached hydrogens (tertiary/aromatic N) is 1. The Balaban J connectivity index is 0. The minimum atomic E-state index is 0.733. The van der Waals surface area contributed by atoms with Crippen molar-refractivity contribution in [2.75, 3.05) is 27.4 Å². The molecule has 0 bridgehead atoms. The Kier molecular flexibility index (Phi) is 14.0. The minimum absolute atomic E-state index is 0.733. The molecule has 0 amide bonds. The molecule has 0 aliphatic carbocycles. The molecule has 0 unspecified atom stereocenters. The number of ether oxygens (including phenoxy) is 1. The lowest BCUT2D eigenvalue weighted by molar-refractivity contribution is 0.0650. The summed E-state index contributed by atoms with van der Waals surface area (Å²) in [6, 6.07) is 0. The van der Waals surface area contributed by atoms with Gasteiger partial charge >= 0.3 is 0 Å². The topological polar surface area (TPSA) is 12.5 Å². The van der Waals surface area contributed by atoms with E-state index >= 15 is 0 Å². The Hall–Kier alpha value is -0.0800. The van der Waals surface area contributed by atoms with Crippen molar-refractivity contribution in [3.8, 4) is 0 Å². The summed E-state index contributed by atoms with van der Waals surface area (Å²) in [5.74, 6) is 0. The molecule has 0 aromatic heterocycles. The molecule has 0 saturated heterocycles. The van der Waals surface area contributed by atoms with Crippen LogP contribution in [0.4, 0.5) is 0 Å². The number of rotatable bonds is 3. The molecule has 0 aliphatic rings. The van der Waals surface area contributed by atoms with Crippen LogP contribution in [0.25, 0.3) is 0 Å². The van der Waals surface area contributed by atoms with Crippen LogP contribution in [0.15, 0.2) is 0 Å². The van der Waals surface area contributed by atoms with Gasteiger partial charge in [-0.25, -0.2) is 0 Å². The highest BCUT2D eigenvalue weighted by Gasteiger charge is 1.82. The summed E-state index contributed by atoms with van der Waals surface area (Å²) < 4.78 is 5.02. The number of hydrogen-bond donors (Lipinski definition) is 0. The molecule has 9 heavy (non-hydrogen) atoms. The van der Waals surface area contributed by atoms with Crippen molar-refractivity contribution in [1.29, 1.82) is 0 Å². The summed E-state index contributed by atoms with van der Waals surface area (Å²) >= 11 is 0.